The van der Waals surface area contributed by atoms with Gasteiger partial charge in [0.15, 0.2) is 11.5 Å². The van der Waals surface area contributed by atoms with Gasteiger partial charge in [-0.2, -0.15) is 0 Å². The van der Waals surface area contributed by atoms with Crippen molar-refractivity contribution in [2.75, 3.05) is 0 Å². The van der Waals surface area contributed by atoms with Crippen molar-refractivity contribution in [3.63, 3.8) is 0 Å². The molecule has 1 fully saturated rings. The monoisotopic (exact) mass is 482 g/mol. The molecule has 2 N–H and O–H groups in total. The number of pyridine rings is 3. The van der Waals surface area contributed by atoms with E-state index < -0.39 is 0 Å². The maximum Gasteiger partial charge on any atom is 0.187 e. The van der Waals surface area contributed by atoms with E-state index in [1.54, 1.807) is 6.20 Å². The van der Waals surface area contributed by atoms with Crippen LogP contribution in [0.1, 0.15) is 30.4 Å². The molecule has 2 aromatic carbocycles. The van der Waals surface area contributed by atoms with Crippen LogP contribution in [-0.2, 0) is 5.54 Å². The van der Waals surface area contributed by atoms with E-state index in [9.17, 15) is 0 Å². The fourth-order valence-corrected chi connectivity index (χ4v) is 5.30. The highest BCUT2D eigenvalue weighted by Gasteiger charge is 2.34. The van der Waals surface area contributed by atoms with Gasteiger partial charge in [0.1, 0.15) is 5.69 Å². The fourth-order valence-electron chi connectivity index (χ4n) is 5.30. The second-order valence-electron chi connectivity index (χ2n) is 10.0. The van der Waals surface area contributed by atoms with Gasteiger partial charge in [-0.3, -0.25) is 9.38 Å². The molecule has 6 nitrogen and oxygen atoms in total. The molecule has 4 aromatic heterocycles. The molecule has 0 unspecified atom stereocenters. The number of rotatable bonds is 4. The van der Waals surface area contributed by atoms with Gasteiger partial charge < -0.3 is 5.73 Å². The molecule has 0 aliphatic heterocycles. The first-order valence-electron chi connectivity index (χ1n) is 12.7. The largest absolute Gasteiger partial charge is 0.321 e. The number of nitrogens with two attached hydrogens (primary N) is 1. The van der Waals surface area contributed by atoms with Crippen LogP contribution in [0.2, 0.25) is 0 Å². The molecule has 1 aliphatic carbocycles. The molecule has 1 aliphatic rings. The molecule has 0 bridgehead atoms. The predicted octanol–water partition coefficient (Wildman–Crippen LogP) is 6.32. The number of nitrogens with zero attached hydrogens (tertiary/aromatic N) is 5. The van der Waals surface area contributed by atoms with Crippen molar-refractivity contribution in [1.29, 1.82) is 0 Å². The smallest absolute Gasteiger partial charge is 0.187 e. The van der Waals surface area contributed by atoms with Crippen molar-refractivity contribution in [1.82, 2.24) is 24.6 Å². The van der Waals surface area contributed by atoms with Crippen molar-refractivity contribution < 1.29 is 0 Å². The highest BCUT2D eigenvalue weighted by molar-refractivity contribution is 5.92. The van der Waals surface area contributed by atoms with Crippen LogP contribution in [0.15, 0.2) is 91.1 Å². The van der Waals surface area contributed by atoms with E-state index in [-0.39, 0.29) is 5.54 Å². The van der Waals surface area contributed by atoms with Crippen molar-refractivity contribution in [3.05, 3.63) is 102 Å². The molecule has 37 heavy (non-hydrogen) atoms. The molecule has 7 rings (SSSR count). The van der Waals surface area contributed by atoms with Crippen molar-refractivity contribution in [3.8, 4) is 33.9 Å². The second-order valence-corrected chi connectivity index (χ2v) is 10.0. The van der Waals surface area contributed by atoms with Gasteiger partial charge in [-0.1, -0.05) is 54.6 Å². The first-order chi connectivity index (χ1) is 18.1. The Morgan fingerprint density at radius 2 is 1.65 bits per heavy atom. The van der Waals surface area contributed by atoms with Gasteiger partial charge in [-0.25, -0.2) is 4.98 Å². The minimum absolute atomic E-state index is 0.183. The Kier molecular flexibility index (Phi) is 4.91. The van der Waals surface area contributed by atoms with Gasteiger partial charge in [-0.05, 0) is 73.2 Å². The summed E-state index contributed by atoms with van der Waals surface area (Å²) in [5.41, 5.74) is 16.2. The summed E-state index contributed by atoms with van der Waals surface area (Å²) in [5.74, 6) is 0.705. The van der Waals surface area contributed by atoms with E-state index >= 15 is 0 Å². The van der Waals surface area contributed by atoms with Crippen LogP contribution in [0.4, 0.5) is 0 Å². The van der Waals surface area contributed by atoms with E-state index in [1.165, 1.54) is 12.0 Å². The number of fused-ring (bicyclic) bond motifs is 3. The Labute approximate surface area is 214 Å². The zero-order valence-corrected chi connectivity index (χ0v) is 20.6. The fraction of sp³-hybridized carbons (Fsp3) is 0.161. The number of aryl methyl sites for hydroxylation is 1. The third-order valence-corrected chi connectivity index (χ3v) is 7.56. The van der Waals surface area contributed by atoms with Crippen molar-refractivity contribution in [2.45, 2.75) is 31.7 Å². The van der Waals surface area contributed by atoms with Crippen LogP contribution < -0.4 is 5.73 Å². The van der Waals surface area contributed by atoms with Crippen LogP contribution in [0.3, 0.4) is 0 Å². The number of hydrogen-bond acceptors (Lipinski definition) is 5. The minimum atomic E-state index is -0.183. The SMILES string of the molecule is Cc1ccnc(-c2nnc3ccc4nc(-c5ccc(C6(N)CCC6)cc5)c(-c5ccccc5)cc4n23)c1. The summed E-state index contributed by atoms with van der Waals surface area (Å²) in [6.45, 7) is 2.05. The first kappa shape index (κ1) is 21.8. The third kappa shape index (κ3) is 3.60. The Hall–Kier alpha value is -4.42. The standard InChI is InChI=1S/C31H26N6/c1-20-14-17-33-26(18-20)30-36-35-28-13-12-25-27(37(28)30)19-24(21-6-3-2-4-7-21)29(34-25)22-8-10-23(11-9-22)31(32)15-5-16-31/h2-4,6-14,17-19H,5,15-16,32H2,1H3. The maximum atomic E-state index is 6.59. The first-order valence-corrected chi connectivity index (χ1v) is 12.7. The Balaban J connectivity index is 1.47. The van der Waals surface area contributed by atoms with Crippen LogP contribution in [0.5, 0.6) is 0 Å². The van der Waals surface area contributed by atoms with Crippen LogP contribution in [0, 0.1) is 6.92 Å². The molecule has 4 heterocycles. The van der Waals surface area contributed by atoms with Crippen LogP contribution >= 0.6 is 0 Å². The Bertz CT molecular complexity index is 1770. The summed E-state index contributed by atoms with van der Waals surface area (Å²) in [5, 5.41) is 8.93. The van der Waals surface area contributed by atoms with Gasteiger partial charge in [-0.15, -0.1) is 10.2 Å². The molecule has 1 saturated carbocycles. The van der Waals surface area contributed by atoms with E-state index in [4.69, 9.17) is 10.7 Å². The molecule has 0 amide bonds. The molecule has 0 atom stereocenters. The van der Waals surface area contributed by atoms with E-state index in [2.05, 4.69) is 81.1 Å². The number of hydrogen-bond donors (Lipinski definition) is 1. The second kappa shape index (κ2) is 8.32. The minimum Gasteiger partial charge on any atom is -0.321 e. The highest BCUT2D eigenvalue weighted by atomic mass is 15.3. The Morgan fingerprint density at radius 3 is 2.38 bits per heavy atom. The maximum absolute atomic E-state index is 6.59. The van der Waals surface area contributed by atoms with E-state index in [1.807, 2.05) is 30.3 Å². The summed E-state index contributed by atoms with van der Waals surface area (Å²) in [4.78, 5) is 9.77. The Morgan fingerprint density at radius 1 is 0.838 bits per heavy atom. The number of benzene rings is 2. The van der Waals surface area contributed by atoms with Gasteiger partial charge in [0.05, 0.1) is 16.7 Å². The van der Waals surface area contributed by atoms with Crippen molar-refractivity contribution in [2.24, 2.45) is 5.73 Å². The quantitative estimate of drug-likeness (QED) is 0.318. The van der Waals surface area contributed by atoms with Gasteiger partial charge in [0.2, 0.25) is 0 Å². The molecule has 0 spiro atoms. The zero-order valence-electron chi connectivity index (χ0n) is 20.6. The molecule has 0 radical (unpaired) electrons. The number of aromatic nitrogens is 5. The average molecular weight is 483 g/mol. The van der Waals surface area contributed by atoms with Crippen LogP contribution in [-0.4, -0.2) is 24.6 Å². The molecule has 6 aromatic rings. The van der Waals surface area contributed by atoms with Crippen molar-refractivity contribution >= 4 is 16.7 Å². The summed E-state index contributed by atoms with van der Waals surface area (Å²) < 4.78 is 2.05. The summed E-state index contributed by atoms with van der Waals surface area (Å²) in [7, 11) is 0. The van der Waals surface area contributed by atoms with Gasteiger partial charge in [0.25, 0.3) is 0 Å². The average Bonchev–Trinajstić information content (AvgIpc) is 3.36. The normalized spacial score (nSPS) is 14.6. The lowest BCUT2D eigenvalue weighted by Crippen LogP contribution is -2.43. The van der Waals surface area contributed by atoms with Gasteiger partial charge in [0, 0.05) is 22.9 Å². The zero-order chi connectivity index (χ0) is 25.0. The highest BCUT2D eigenvalue weighted by Crippen LogP contribution is 2.40. The lowest BCUT2D eigenvalue weighted by molar-refractivity contribution is 0.253. The lowest BCUT2D eigenvalue weighted by Gasteiger charge is -2.38. The molecule has 6 heteroatoms. The van der Waals surface area contributed by atoms with Crippen LogP contribution in [0.25, 0.3) is 50.6 Å². The molecular weight excluding hydrogens is 456 g/mol. The molecular formula is C31H26N6. The lowest BCUT2D eigenvalue weighted by atomic mass is 9.72. The molecule has 180 valence electrons. The summed E-state index contributed by atoms with van der Waals surface area (Å²) >= 11 is 0. The third-order valence-electron chi connectivity index (χ3n) is 7.56. The van der Waals surface area contributed by atoms with E-state index in [0.29, 0.717) is 5.82 Å². The predicted molar refractivity (Wildman–Crippen MR) is 147 cm³/mol. The summed E-state index contributed by atoms with van der Waals surface area (Å²) in [6, 6.07) is 29.2. The summed E-state index contributed by atoms with van der Waals surface area (Å²) in [6.07, 6.45) is 5.09. The molecule has 0 saturated heterocycles. The van der Waals surface area contributed by atoms with E-state index in [0.717, 1.165) is 63.2 Å². The van der Waals surface area contributed by atoms with Gasteiger partial charge >= 0.3 is 0 Å². The topological polar surface area (TPSA) is 82.0 Å².